The van der Waals surface area contributed by atoms with Crippen molar-refractivity contribution in [2.75, 3.05) is 0 Å². The van der Waals surface area contributed by atoms with Crippen molar-refractivity contribution in [3.8, 4) is 0 Å². The van der Waals surface area contributed by atoms with Gasteiger partial charge in [-0.3, -0.25) is 0 Å². The van der Waals surface area contributed by atoms with Gasteiger partial charge in [-0.2, -0.15) is 0 Å². The van der Waals surface area contributed by atoms with Gasteiger partial charge < -0.3 is 5.32 Å². The highest BCUT2D eigenvalue weighted by Gasteiger charge is 2.12. The van der Waals surface area contributed by atoms with E-state index in [1.807, 2.05) is 0 Å². The van der Waals surface area contributed by atoms with E-state index in [-0.39, 0.29) is 0 Å². The highest BCUT2D eigenvalue weighted by molar-refractivity contribution is 5.18. The Hall–Kier alpha value is -0.820. The number of nitrogens with one attached hydrogen (secondary N) is 1. The highest BCUT2D eigenvalue weighted by atomic mass is 14.9. The number of benzene rings is 1. The van der Waals surface area contributed by atoms with E-state index >= 15 is 0 Å². The van der Waals surface area contributed by atoms with Gasteiger partial charge in [-0.15, -0.1) is 0 Å². The van der Waals surface area contributed by atoms with Crippen LogP contribution in [0.3, 0.4) is 0 Å². The molecule has 16 heavy (non-hydrogen) atoms. The van der Waals surface area contributed by atoms with Crippen LogP contribution in [0.2, 0.25) is 0 Å². The predicted molar refractivity (Wildman–Crippen MR) is 71.6 cm³/mol. The zero-order chi connectivity index (χ0) is 11.8. The van der Waals surface area contributed by atoms with Gasteiger partial charge in [0.15, 0.2) is 0 Å². The van der Waals surface area contributed by atoms with Gasteiger partial charge in [-0.25, -0.2) is 0 Å². The third-order valence-corrected chi connectivity index (χ3v) is 3.15. The van der Waals surface area contributed by atoms with Crippen LogP contribution in [-0.4, -0.2) is 6.04 Å². The summed E-state index contributed by atoms with van der Waals surface area (Å²) in [6.45, 7) is 6.76. The largest absolute Gasteiger partial charge is 0.307 e. The Morgan fingerprint density at radius 2 is 1.81 bits per heavy atom. The maximum atomic E-state index is 3.72. The molecule has 1 rings (SSSR count). The standard InChI is InChI=1S/C15H25N/c1-4-6-12-15(16-13(3)5-2)14-10-8-7-9-11-14/h7-11,13,15-16H,4-6,12H2,1-3H3. The lowest BCUT2D eigenvalue weighted by atomic mass is 10.00. The summed E-state index contributed by atoms with van der Waals surface area (Å²) in [5.74, 6) is 0. The number of unbranched alkanes of at least 4 members (excludes halogenated alkanes) is 1. The zero-order valence-electron chi connectivity index (χ0n) is 10.9. The van der Waals surface area contributed by atoms with Crippen LogP contribution in [0.15, 0.2) is 30.3 Å². The van der Waals surface area contributed by atoms with Crippen LogP contribution in [0.25, 0.3) is 0 Å². The molecule has 1 aromatic rings. The maximum Gasteiger partial charge on any atom is 0.0322 e. The van der Waals surface area contributed by atoms with Gasteiger partial charge in [0.2, 0.25) is 0 Å². The molecule has 1 heteroatoms. The summed E-state index contributed by atoms with van der Waals surface area (Å²) in [6, 6.07) is 11.9. The second kappa shape index (κ2) is 7.45. The van der Waals surface area contributed by atoms with E-state index in [0.717, 1.165) is 0 Å². The van der Waals surface area contributed by atoms with Crippen LogP contribution in [0.1, 0.15) is 58.1 Å². The summed E-state index contributed by atoms with van der Waals surface area (Å²) in [6.07, 6.45) is 4.99. The van der Waals surface area contributed by atoms with Crippen molar-refractivity contribution in [3.05, 3.63) is 35.9 Å². The SMILES string of the molecule is CCCCC(NC(C)CC)c1ccccc1. The summed E-state index contributed by atoms with van der Waals surface area (Å²) in [7, 11) is 0. The van der Waals surface area contributed by atoms with Crippen LogP contribution >= 0.6 is 0 Å². The van der Waals surface area contributed by atoms with Gasteiger partial charge in [0.1, 0.15) is 0 Å². The second-order valence-electron chi connectivity index (χ2n) is 4.58. The Balaban J connectivity index is 2.63. The fourth-order valence-corrected chi connectivity index (χ4v) is 1.90. The molecule has 1 aromatic carbocycles. The summed E-state index contributed by atoms with van der Waals surface area (Å²) < 4.78 is 0. The summed E-state index contributed by atoms with van der Waals surface area (Å²) in [4.78, 5) is 0. The Kier molecular flexibility index (Phi) is 6.17. The molecule has 0 aliphatic heterocycles. The van der Waals surface area contributed by atoms with Crippen LogP contribution in [-0.2, 0) is 0 Å². The molecule has 0 saturated heterocycles. The topological polar surface area (TPSA) is 12.0 Å². The molecule has 90 valence electrons. The Bertz CT molecular complexity index is 268. The Morgan fingerprint density at radius 1 is 1.12 bits per heavy atom. The molecule has 1 nitrogen and oxygen atoms in total. The van der Waals surface area contributed by atoms with Crippen molar-refractivity contribution in [2.45, 2.75) is 58.5 Å². The molecular weight excluding hydrogens is 194 g/mol. The molecule has 2 atom stereocenters. The van der Waals surface area contributed by atoms with E-state index < -0.39 is 0 Å². The van der Waals surface area contributed by atoms with Crippen molar-refractivity contribution in [1.82, 2.24) is 5.32 Å². The summed E-state index contributed by atoms with van der Waals surface area (Å²) >= 11 is 0. The molecule has 0 fully saturated rings. The molecule has 0 spiro atoms. The quantitative estimate of drug-likeness (QED) is 0.720. The van der Waals surface area contributed by atoms with E-state index in [4.69, 9.17) is 0 Å². The number of rotatable bonds is 7. The molecule has 0 heterocycles. The lowest BCUT2D eigenvalue weighted by Gasteiger charge is -2.23. The normalized spacial score (nSPS) is 14.7. The third kappa shape index (κ3) is 4.36. The van der Waals surface area contributed by atoms with Crippen LogP contribution in [0.5, 0.6) is 0 Å². The fraction of sp³-hybridized carbons (Fsp3) is 0.600. The van der Waals surface area contributed by atoms with Crippen molar-refractivity contribution in [1.29, 1.82) is 0 Å². The minimum atomic E-state index is 0.524. The molecule has 0 saturated carbocycles. The van der Waals surface area contributed by atoms with Crippen LogP contribution in [0.4, 0.5) is 0 Å². The molecule has 0 amide bonds. The third-order valence-electron chi connectivity index (χ3n) is 3.15. The van der Waals surface area contributed by atoms with Gasteiger partial charge in [0.25, 0.3) is 0 Å². The van der Waals surface area contributed by atoms with Crippen molar-refractivity contribution < 1.29 is 0 Å². The average molecular weight is 219 g/mol. The van der Waals surface area contributed by atoms with Crippen molar-refractivity contribution in [3.63, 3.8) is 0 Å². The summed E-state index contributed by atoms with van der Waals surface area (Å²) in [5, 5.41) is 3.72. The van der Waals surface area contributed by atoms with Gasteiger partial charge in [-0.1, -0.05) is 57.0 Å². The van der Waals surface area contributed by atoms with Crippen LogP contribution in [0, 0.1) is 0 Å². The fourth-order valence-electron chi connectivity index (χ4n) is 1.90. The van der Waals surface area contributed by atoms with Crippen molar-refractivity contribution in [2.24, 2.45) is 0 Å². The van der Waals surface area contributed by atoms with E-state index in [0.29, 0.717) is 12.1 Å². The minimum Gasteiger partial charge on any atom is -0.307 e. The first-order valence-corrected chi connectivity index (χ1v) is 6.58. The average Bonchev–Trinajstić information content (AvgIpc) is 2.35. The zero-order valence-corrected chi connectivity index (χ0v) is 10.9. The smallest absolute Gasteiger partial charge is 0.0322 e. The first-order valence-electron chi connectivity index (χ1n) is 6.58. The monoisotopic (exact) mass is 219 g/mol. The van der Waals surface area contributed by atoms with E-state index in [1.54, 1.807) is 0 Å². The van der Waals surface area contributed by atoms with Gasteiger partial charge in [0, 0.05) is 12.1 Å². The van der Waals surface area contributed by atoms with E-state index in [9.17, 15) is 0 Å². The molecule has 0 aliphatic carbocycles. The van der Waals surface area contributed by atoms with Gasteiger partial charge in [0.05, 0.1) is 0 Å². The lowest BCUT2D eigenvalue weighted by molar-refractivity contribution is 0.416. The first kappa shape index (κ1) is 13.2. The first-order chi connectivity index (χ1) is 7.77. The maximum absolute atomic E-state index is 3.72. The molecule has 2 unspecified atom stereocenters. The van der Waals surface area contributed by atoms with Gasteiger partial charge >= 0.3 is 0 Å². The van der Waals surface area contributed by atoms with E-state index in [2.05, 4.69) is 56.4 Å². The molecule has 0 aromatic heterocycles. The summed E-state index contributed by atoms with van der Waals surface area (Å²) in [5.41, 5.74) is 1.43. The Labute approximate surface area is 100 Å². The predicted octanol–water partition coefficient (Wildman–Crippen LogP) is 4.31. The lowest BCUT2D eigenvalue weighted by Crippen LogP contribution is -2.30. The van der Waals surface area contributed by atoms with Crippen molar-refractivity contribution >= 4 is 0 Å². The Morgan fingerprint density at radius 3 is 2.38 bits per heavy atom. The molecule has 0 radical (unpaired) electrons. The molecule has 0 bridgehead atoms. The minimum absolute atomic E-state index is 0.524. The molecule has 1 N–H and O–H groups in total. The van der Waals surface area contributed by atoms with Gasteiger partial charge in [-0.05, 0) is 25.3 Å². The van der Waals surface area contributed by atoms with E-state index in [1.165, 1.54) is 31.2 Å². The molecule has 0 aliphatic rings. The molecular formula is C15H25N. The number of hydrogen-bond acceptors (Lipinski definition) is 1. The number of hydrogen-bond donors (Lipinski definition) is 1. The highest BCUT2D eigenvalue weighted by Crippen LogP contribution is 2.20. The van der Waals surface area contributed by atoms with Crippen LogP contribution < -0.4 is 5.32 Å². The second-order valence-corrected chi connectivity index (χ2v) is 4.58.